The molecule has 3 heterocycles. The van der Waals surface area contributed by atoms with Gasteiger partial charge in [0.15, 0.2) is 14.1 Å². The SMILES string of the molecule is CCC[C@H](N[S+]([O-])C(C)(C)C)c1cccc(-c2cc(OCC)c3cnn(-c4cccc(CO[Si](C)(C)C(C)(C)C)n4)c3c2)n1. The van der Waals surface area contributed by atoms with Gasteiger partial charge in [-0.05, 0) is 88.6 Å². The molecule has 238 valence electrons. The average molecular weight is 636 g/mol. The molecule has 0 aliphatic carbocycles. The van der Waals surface area contributed by atoms with Gasteiger partial charge in [0.05, 0.1) is 53.4 Å². The highest BCUT2D eigenvalue weighted by atomic mass is 32.2. The highest BCUT2D eigenvalue weighted by molar-refractivity contribution is 7.90. The van der Waals surface area contributed by atoms with Gasteiger partial charge in [0.25, 0.3) is 0 Å². The van der Waals surface area contributed by atoms with E-state index in [4.69, 9.17) is 24.2 Å². The van der Waals surface area contributed by atoms with Gasteiger partial charge in [-0.3, -0.25) is 4.98 Å². The first-order valence-electron chi connectivity index (χ1n) is 15.5. The molecule has 1 unspecified atom stereocenters. The Morgan fingerprint density at radius 1 is 1.00 bits per heavy atom. The third-order valence-electron chi connectivity index (χ3n) is 8.15. The fourth-order valence-electron chi connectivity index (χ4n) is 4.50. The molecule has 3 aromatic heterocycles. The molecule has 2 atom stereocenters. The van der Waals surface area contributed by atoms with Crippen LogP contribution in [0.3, 0.4) is 0 Å². The Morgan fingerprint density at radius 3 is 2.39 bits per heavy atom. The van der Waals surface area contributed by atoms with Crippen molar-refractivity contribution in [2.45, 2.75) is 104 Å². The molecule has 0 saturated heterocycles. The number of hydrogen-bond donors (Lipinski definition) is 1. The second-order valence-electron chi connectivity index (χ2n) is 13.7. The Kier molecular flexibility index (Phi) is 10.6. The molecule has 1 N–H and O–H groups in total. The van der Waals surface area contributed by atoms with Crippen molar-refractivity contribution in [2.24, 2.45) is 0 Å². The summed E-state index contributed by atoms with van der Waals surface area (Å²) in [7, 11) is -1.92. The molecule has 0 aliphatic rings. The Balaban J connectivity index is 1.73. The van der Waals surface area contributed by atoms with Crippen LogP contribution in [0.2, 0.25) is 18.1 Å². The first-order chi connectivity index (χ1) is 20.6. The molecular weight excluding hydrogens is 587 g/mol. The number of hydrogen-bond acceptors (Lipinski definition) is 7. The minimum atomic E-state index is -1.92. The molecule has 0 fully saturated rings. The number of nitrogens with one attached hydrogen (secondary N) is 1. The fourth-order valence-corrected chi connectivity index (χ4v) is 6.30. The molecule has 44 heavy (non-hydrogen) atoms. The minimum absolute atomic E-state index is 0.122. The largest absolute Gasteiger partial charge is 0.598 e. The molecule has 0 spiro atoms. The van der Waals surface area contributed by atoms with Crippen molar-refractivity contribution in [2.75, 3.05) is 6.61 Å². The maximum absolute atomic E-state index is 13.0. The van der Waals surface area contributed by atoms with Gasteiger partial charge in [0.2, 0.25) is 0 Å². The summed E-state index contributed by atoms with van der Waals surface area (Å²) >= 11 is -1.21. The van der Waals surface area contributed by atoms with Crippen LogP contribution in [0.1, 0.15) is 85.7 Å². The maximum Gasteiger partial charge on any atom is 0.192 e. The molecular formula is C34H49N5O3SSi. The Bertz CT molecular complexity index is 1560. The highest BCUT2D eigenvalue weighted by Crippen LogP contribution is 2.37. The maximum atomic E-state index is 13.0. The normalized spacial score (nSPS) is 14.2. The molecule has 4 aromatic rings. The van der Waals surface area contributed by atoms with Crippen LogP contribution < -0.4 is 9.46 Å². The molecule has 0 amide bonds. The predicted octanol–water partition coefficient (Wildman–Crippen LogP) is 8.30. The number of benzene rings is 1. The lowest BCUT2D eigenvalue weighted by Crippen LogP contribution is -2.41. The average Bonchev–Trinajstić information content (AvgIpc) is 3.39. The van der Waals surface area contributed by atoms with Crippen LogP contribution in [0.5, 0.6) is 5.75 Å². The first-order valence-corrected chi connectivity index (χ1v) is 19.6. The summed E-state index contributed by atoms with van der Waals surface area (Å²) in [6.45, 7) is 22.2. The molecule has 1 aromatic carbocycles. The van der Waals surface area contributed by atoms with Crippen LogP contribution >= 0.6 is 0 Å². The summed E-state index contributed by atoms with van der Waals surface area (Å²) in [5.41, 5.74) is 4.34. The van der Waals surface area contributed by atoms with Gasteiger partial charge in [0, 0.05) is 16.9 Å². The van der Waals surface area contributed by atoms with Crippen LogP contribution in [-0.2, 0) is 22.4 Å². The third kappa shape index (κ3) is 7.90. The van der Waals surface area contributed by atoms with Crippen molar-refractivity contribution < 1.29 is 13.7 Å². The number of rotatable bonds is 12. The van der Waals surface area contributed by atoms with E-state index in [9.17, 15) is 4.55 Å². The summed E-state index contributed by atoms with van der Waals surface area (Å²) in [6.07, 6.45) is 3.60. The van der Waals surface area contributed by atoms with E-state index in [1.54, 1.807) is 0 Å². The molecule has 0 radical (unpaired) electrons. The van der Waals surface area contributed by atoms with Crippen molar-refractivity contribution in [1.82, 2.24) is 24.5 Å². The number of aromatic nitrogens is 4. The van der Waals surface area contributed by atoms with Gasteiger partial charge in [0.1, 0.15) is 10.5 Å². The molecule has 10 heteroatoms. The highest BCUT2D eigenvalue weighted by Gasteiger charge is 2.37. The van der Waals surface area contributed by atoms with Crippen LogP contribution in [0.4, 0.5) is 0 Å². The number of pyridine rings is 2. The summed E-state index contributed by atoms with van der Waals surface area (Å²) in [5, 5.41) is 5.76. The molecule has 4 rings (SSSR count). The van der Waals surface area contributed by atoms with E-state index < -0.39 is 19.7 Å². The van der Waals surface area contributed by atoms with E-state index in [0.717, 1.165) is 58.0 Å². The molecule has 0 aliphatic heterocycles. The predicted molar refractivity (Wildman–Crippen MR) is 184 cm³/mol. The minimum Gasteiger partial charge on any atom is -0.598 e. The van der Waals surface area contributed by atoms with Crippen LogP contribution in [0.25, 0.3) is 28.0 Å². The van der Waals surface area contributed by atoms with Gasteiger partial charge in [-0.25, -0.2) is 9.67 Å². The zero-order chi connectivity index (χ0) is 32.3. The third-order valence-corrected chi connectivity index (χ3v) is 14.2. The summed E-state index contributed by atoms with van der Waals surface area (Å²) in [4.78, 5) is 10.0. The fraction of sp³-hybridized carbons (Fsp3) is 0.500. The topological polar surface area (TPSA) is 97.1 Å². The van der Waals surface area contributed by atoms with E-state index in [0.29, 0.717) is 13.2 Å². The van der Waals surface area contributed by atoms with E-state index in [2.05, 4.69) is 51.6 Å². The van der Waals surface area contributed by atoms with Gasteiger partial charge in [-0.1, -0.05) is 46.2 Å². The molecule has 0 bridgehead atoms. The summed E-state index contributed by atoms with van der Waals surface area (Å²) in [5.74, 6) is 1.46. The van der Waals surface area contributed by atoms with Crippen molar-refractivity contribution in [1.29, 1.82) is 0 Å². The molecule has 0 saturated carbocycles. The van der Waals surface area contributed by atoms with Crippen molar-refractivity contribution in [3.63, 3.8) is 0 Å². The Hall–Kier alpha value is -2.76. The smallest absolute Gasteiger partial charge is 0.192 e. The van der Waals surface area contributed by atoms with Gasteiger partial charge in [-0.2, -0.15) is 5.10 Å². The lowest BCUT2D eigenvalue weighted by molar-refractivity contribution is 0.272. The lowest BCUT2D eigenvalue weighted by Gasteiger charge is -2.36. The molecule has 8 nitrogen and oxygen atoms in total. The number of nitrogens with zero attached hydrogens (tertiary/aromatic N) is 4. The Labute approximate surface area is 267 Å². The van der Waals surface area contributed by atoms with E-state index in [1.807, 2.05) is 81.0 Å². The summed E-state index contributed by atoms with van der Waals surface area (Å²) < 4.78 is 30.3. The van der Waals surface area contributed by atoms with Gasteiger partial charge < -0.3 is 13.7 Å². The van der Waals surface area contributed by atoms with Crippen LogP contribution in [0, 0.1) is 0 Å². The van der Waals surface area contributed by atoms with E-state index >= 15 is 0 Å². The van der Waals surface area contributed by atoms with Crippen LogP contribution in [-0.4, -0.2) is 44.0 Å². The van der Waals surface area contributed by atoms with Gasteiger partial charge in [-0.15, -0.1) is 4.72 Å². The number of fused-ring (bicyclic) bond motifs is 1. The standard InChI is InChI=1S/C34H49N5O3SSi/c1-11-15-29(38-43(40)33(3,4)5)28-18-14-17-27(37-28)24-20-30-26(31(21-24)41-12-2)22-35-39(30)32-19-13-16-25(36-32)23-42-44(9,10)34(6,7)8/h13-14,16-22,29,38H,11-12,15,23H2,1-10H3/t29-,43?/m0/s1. The zero-order valence-electron chi connectivity index (χ0n) is 28.0. The van der Waals surface area contributed by atoms with Crippen molar-refractivity contribution in [3.05, 3.63) is 66.1 Å². The quantitative estimate of drug-likeness (QED) is 0.124. The summed E-state index contributed by atoms with van der Waals surface area (Å²) in [6, 6.07) is 16.0. The van der Waals surface area contributed by atoms with Crippen molar-refractivity contribution in [3.8, 4) is 22.8 Å². The van der Waals surface area contributed by atoms with Crippen LogP contribution in [0.15, 0.2) is 54.7 Å². The number of ether oxygens (including phenoxy) is 1. The second kappa shape index (κ2) is 13.7. The van der Waals surface area contributed by atoms with E-state index in [-0.39, 0.29) is 15.8 Å². The Morgan fingerprint density at radius 2 is 1.73 bits per heavy atom. The lowest BCUT2D eigenvalue weighted by atomic mass is 10.1. The second-order valence-corrected chi connectivity index (χ2v) is 20.5. The van der Waals surface area contributed by atoms with Crippen molar-refractivity contribution >= 4 is 30.6 Å². The monoisotopic (exact) mass is 635 g/mol. The van der Waals surface area contributed by atoms with Gasteiger partial charge >= 0.3 is 0 Å². The van der Waals surface area contributed by atoms with E-state index in [1.165, 1.54) is 0 Å². The zero-order valence-corrected chi connectivity index (χ0v) is 29.8. The first kappa shape index (κ1) is 34.1.